The van der Waals surface area contributed by atoms with E-state index in [-0.39, 0.29) is 12.0 Å². The van der Waals surface area contributed by atoms with Crippen molar-refractivity contribution in [1.29, 1.82) is 0 Å². The minimum absolute atomic E-state index is 0.137. The molecular weight excluding hydrogens is 266 g/mol. The maximum Gasteiger partial charge on any atom is 0.231 e. The summed E-state index contributed by atoms with van der Waals surface area (Å²) >= 11 is 0. The van der Waals surface area contributed by atoms with Gasteiger partial charge in [-0.05, 0) is 32.0 Å². The van der Waals surface area contributed by atoms with Crippen LogP contribution in [-0.4, -0.2) is 23.2 Å². The van der Waals surface area contributed by atoms with Crippen LogP contribution in [-0.2, 0) is 6.42 Å². The van der Waals surface area contributed by atoms with Crippen molar-refractivity contribution in [3.05, 3.63) is 41.5 Å². The van der Waals surface area contributed by atoms with Crippen molar-refractivity contribution in [2.75, 3.05) is 7.05 Å². The number of para-hydroxylation sites is 1. The van der Waals surface area contributed by atoms with E-state index in [1.807, 2.05) is 25.2 Å². The first-order chi connectivity index (χ1) is 10.2. The van der Waals surface area contributed by atoms with Crippen LogP contribution in [0.1, 0.15) is 49.6 Å². The van der Waals surface area contributed by atoms with Gasteiger partial charge in [0.25, 0.3) is 0 Å². The van der Waals surface area contributed by atoms with Crippen molar-refractivity contribution in [3.63, 3.8) is 0 Å². The van der Waals surface area contributed by atoms with Gasteiger partial charge < -0.3 is 14.6 Å². The van der Waals surface area contributed by atoms with Crippen molar-refractivity contribution >= 4 is 0 Å². The van der Waals surface area contributed by atoms with Gasteiger partial charge in [0.2, 0.25) is 11.7 Å². The smallest absolute Gasteiger partial charge is 0.231 e. The van der Waals surface area contributed by atoms with Gasteiger partial charge in [-0.25, -0.2) is 0 Å². The molecule has 2 aromatic rings. The normalized spacial score (nSPS) is 19.9. The highest BCUT2D eigenvalue weighted by atomic mass is 16.5. The maximum atomic E-state index is 5.91. The number of ether oxygens (including phenoxy) is 1. The first-order valence-corrected chi connectivity index (χ1v) is 7.48. The van der Waals surface area contributed by atoms with Gasteiger partial charge >= 0.3 is 0 Å². The molecule has 2 heterocycles. The lowest BCUT2D eigenvalue weighted by Gasteiger charge is -2.17. The summed E-state index contributed by atoms with van der Waals surface area (Å²) in [5, 5.41) is 7.38. The third-order valence-electron chi connectivity index (χ3n) is 4.21. The third kappa shape index (κ3) is 2.65. The van der Waals surface area contributed by atoms with Gasteiger partial charge in [-0.15, -0.1) is 0 Å². The molecule has 0 saturated heterocycles. The minimum Gasteiger partial charge on any atom is -0.482 e. The number of nitrogens with zero attached hydrogens (tertiary/aromatic N) is 2. The van der Waals surface area contributed by atoms with E-state index in [0.717, 1.165) is 18.6 Å². The van der Waals surface area contributed by atoms with Crippen LogP contribution in [0.2, 0.25) is 0 Å². The van der Waals surface area contributed by atoms with E-state index < -0.39 is 0 Å². The first-order valence-electron chi connectivity index (χ1n) is 7.48. The van der Waals surface area contributed by atoms with Crippen LogP contribution in [0.15, 0.2) is 28.8 Å². The van der Waals surface area contributed by atoms with E-state index in [2.05, 4.69) is 35.4 Å². The van der Waals surface area contributed by atoms with Crippen molar-refractivity contribution in [1.82, 2.24) is 15.5 Å². The molecule has 5 heteroatoms. The summed E-state index contributed by atoms with van der Waals surface area (Å²) < 4.78 is 11.4. The van der Waals surface area contributed by atoms with E-state index in [1.165, 1.54) is 5.56 Å². The zero-order valence-electron chi connectivity index (χ0n) is 12.7. The zero-order chi connectivity index (χ0) is 14.8. The molecule has 3 atom stereocenters. The Morgan fingerprint density at radius 3 is 2.90 bits per heavy atom. The Bertz CT molecular complexity index is 586. The van der Waals surface area contributed by atoms with Crippen LogP contribution in [0.4, 0.5) is 0 Å². The summed E-state index contributed by atoms with van der Waals surface area (Å²) in [7, 11) is 1.95. The molecule has 112 valence electrons. The lowest BCUT2D eigenvalue weighted by atomic mass is 9.98. The molecule has 0 radical (unpaired) electrons. The van der Waals surface area contributed by atoms with E-state index in [1.54, 1.807) is 0 Å². The van der Waals surface area contributed by atoms with Crippen LogP contribution in [0.25, 0.3) is 0 Å². The van der Waals surface area contributed by atoms with Crippen molar-refractivity contribution in [2.45, 2.75) is 44.8 Å². The quantitative estimate of drug-likeness (QED) is 0.916. The number of nitrogens with one attached hydrogen (secondary N) is 1. The molecule has 0 aliphatic carbocycles. The van der Waals surface area contributed by atoms with E-state index >= 15 is 0 Å². The molecule has 3 rings (SSSR count). The molecular formula is C16H21N3O2. The molecule has 21 heavy (non-hydrogen) atoms. The van der Waals surface area contributed by atoms with Crippen molar-refractivity contribution in [2.24, 2.45) is 0 Å². The monoisotopic (exact) mass is 287 g/mol. The van der Waals surface area contributed by atoms with E-state index in [0.29, 0.717) is 17.8 Å². The Hall–Kier alpha value is -1.88. The highest BCUT2D eigenvalue weighted by Crippen LogP contribution is 2.35. The number of benzene rings is 1. The zero-order valence-corrected chi connectivity index (χ0v) is 12.7. The largest absolute Gasteiger partial charge is 0.482 e. The molecule has 1 aliphatic rings. The number of hydrogen-bond acceptors (Lipinski definition) is 5. The van der Waals surface area contributed by atoms with Crippen LogP contribution in [0.3, 0.4) is 0 Å². The molecule has 3 unspecified atom stereocenters. The average Bonchev–Trinajstić information content (AvgIpc) is 3.14. The van der Waals surface area contributed by atoms with E-state index in [9.17, 15) is 0 Å². The average molecular weight is 287 g/mol. The molecule has 0 amide bonds. The van der Waals surface area contributed by atoms with Gasteiger partial charge in [0.15, 0.2) is 6.10 Å². The number of likely N-dealkylation sites (N-methyl/N-ethyl adjacent to an activating group) is 1. The summed E-state index contributed by atoms with van der Waals surface area (Å²) in [5.41, 5.74) is 1.20. The number of aromatic nitrogens is 2. The van der Waals surface area contributed by atoms with Crippen molar-refractivity contribution in [3.8, 4) is 5.75 Å². The van der Waals surface area contributed by atoms with Crippen molar-refractivity contribution < 1.29 is 9.26 Å². The number of hydrogen-bond donors (Lipinski definition) is 1. The maximum absolute atomic E-state index is 5.91. The Labute approximate surface area is 124 Å². The Morgan fingerprint density at radius 2 is 2.19 bits per heavy atom. The number of rotatable bonds is 5. The van der Waals surface area contributed by atoms with Crippen LogP contribution >= 0.6 is 0 Å². The molecule has 1 N–H and O–H groups in total. The summed E-state index contributed by atoms with van der Waals surface area (Å²) in [6, 6.07) is 8.35. The lowest BCUT2D eigenvalue weighted by molar-refractivity contribution is 0.220. The van der Waals surface area contributed by atoms with Gasteiger partial charge in [0.1, 0.15) is 5.75 Å². The van der Waals surface area contributed by atoms with Crippen LogP contribution in [0.5, 0.6) is 5.75 Å². The lowest BCUT2D eigenvalue weighted by Crippen LogP contribution is -2.28. The van der Waals surface area contributed by atoms with E-state index in [4.69, 9.17) is 9.26 Å². The second-order valence-corrected chi connectivity index (χ2v) is 5.50. The standard InChI is InChI=1S/C16H21N3O2/c1-4-12(10(2)17-3)16-18-15(19-21-16)14-9-11-7-5-6-8-13(11)20-14/h5-8,10,12,14,17H,4,9H2,1-3H3. The molecule has 0 fully saturated rings. The third-order valence-corrected chi connectivity index (χ3v) is 4.21. The molecule has 0 spiro atoms. The first kappa shape index (κ1) is 14.1. The predicted molar refractivity (Wildman–Crippen MR) is 79.4 cm³/mol. The second kappa shape index (κ2) is 5.85. The Balaban J connectivity index is 1.77. The minimum atomic E-state index is -0.137. The fraction of sp³-hybridized carbons (Fsp3) is 0.500. The fourth-order valence-electron chi connectivity index (χ4n) is 2.80. The SMILES string of the molecule is CCC(c1nc(C2Cc3ccccc3O2)no1)C(C)NC. The number of fused-ring (bicyclic) bond motifs is 1. The summed E-state index contributed by atoms with van der Waals surface area (Å²) in [6.07, 6.45) is 1.62. The molecule has 0 bridgehead atoms. The molecule has 5 nitrogen and oxygen atoms in total. The highest BCUT2D eigenvalue weighted by Gasteiger charge is 2.30. The van der Waals surface area contributed by atoms with Gasteiger partial charge in [0.05, 0.1) is 5.92 Å². The molecule has 1 aromatic heterocycles. The van der Waals surface area contributed by atoms with Gasteiger partial charge in [-0.1, -0.05) is 30.3 Å². The topological polar surface area (TPSA) is 60.2 Å². The summed E-state index contributed by atoms with van der Waals surface area (Å²) in [4.78, 5) is 4.57. The van der Waals surface area contributed by atoms with Gasteiger partial charge in [-0.2, -0.15) is 4.98 Å². The summed E-state index contributed by atoms with van der Waals surface area (Å²) in [5.74, 6) is 2.47. The second-order valence-electron chi connectivity index (χ2n) is 5.50. The highest BCUT2D eigenvalue weighted by molar-refractivity contribution is 5.37. The van der Waals surface area contributed by atoms with Gasteiger partial charge in [-0.3, -0.25) is 0 Å². The molecule has 1 aromatic carbocycles. The predicted octanol–water partition coefficient (Wildman–Crippen LogP) is 2.85. The van der Waals surface area contributed by atoms with Crippen LogP contribution < -0.4 is 10.1 Å². The Morgan fingerprint density at radius 1 is 1.38 bits per heavy atom. The molecule has 1 aliphatic heterocycles. The van der Waals surface area contributed by atoms with Crippen LogP contribution in [0, 0.1) is 0 Å². The van der Waals surface area contributed by atoms with Gasteiger partial charge in [0, 0.05) is 12.5 Å². The Kier molecular flexibility index (Phi) is 3.92. The molecule has 0 saturated carbocycles. The fourth-order valence-corrected chi connectivity index (χ4v) is 2.80. The summed E-state index contributed by atoms with van der Waals surface area (Å²) in [6.45, 7) is 4.25.